The number of hydrogen-bond donors (Lipinski definition) is 1. The molecule has 0 aliphatic heterocycles. The molecule has 0 saturated carbocycles. The second-order valence-corrected chi connectivity index (χ2v) is 14.4. The van der Waals surface area contributed by atoms with Crippen LogP contribution in [0.1, 0.15) is 37.5 Å². The maximum Gasteiger partial charge on any atom is 0.264 e. The fourth-order valence-corrected chi connectivity index (χ4v) is 6.72. The first kappa shape index (κ1) is 34.5. The first-order valence-electron chi connectivity index (χ1n) is 14.9. The zero-order valence-electron chi connectivity index (χ0n) is 26.7. The van der Waals surface area contributed by atoms with E-state index >= 15 is 0 Å². The van der Waals surface area contributed by atoms with Crippen LogP contribution in [0.5, 0.6) is 5.75 Å². The Morgan fingerprint density at radius 3 is 2.13 bits per heavy atom. The molecule has 1 unspecified atom stereocenters. The van der Waals surface area contributed by atoms with Crippen LogP contribution in [0.15, 0.2) is 108 Å². The lowest BCUT2D eigenvalue weighted by Crippen LogP contribution is -2.56. The number of anilines is 1. The lowest BCUT2D eigenvalue weighted by Gasteiger charge is -2.35. The van der Waals surface area contributed by atoms with Crippen molar-refractivity contribution in [3.05, 3.63) is 125 Å². The molecular weight excluding hydrogens is 622 g/mol. The maximum absolute atomic E-state index is 14.6. The van der Waals surface area contributed by atoms with Crippen molar-refractivity contribution < 1.29 is 22.7 Å². The van der Waals surface area contributed by atoms with E-state index in [0.717, 1.165) is 9.87 Å². The fourth-order valence-electron chi connectivity index (χ4n) is 5.06. The number of nitrogens with zero attached hydrogens (tertiary/aromatic N) is 2. The number of hydrogen-bond acceptors (Lipinski definition) is 5. The highest BCUT2D eigenvalue weighted by Gasteiger charge is 2.36. The smallest absolute Gasteiger partial charge is 0.264 e. The lowest BCUT2D eigenvalue weighted by atomic mass is 10.0. The van der Waals surface area contributed by atoms with E-state index in [-0.39, 0.29) is 29.5 Å². The van der Waals surface area contributed by atoms with Crippen LogP contribution in [-0.4, -0.2) is 50.4 Å². The normalized spacial score (nSPS) is 12.2. The van der Waals surface area contributed by atoms with Gasteiger partial charge in [-0.05, 0) is 80.8 Å². The van der Waals surface area contributed by atoms with Crippen LogP contribution in [0.4, 0.5) is 5.69 Å². The monoisotopic (exact) mass is 661 g/mol. The molecule has 0 aromatic heterocycles. The summed E-state index contributed by atoms with van der Waals surface area (Å²) in [5.74, 6) is -0.331. The van der Waals surface area contributed by atoms with Crippen molar-refractivity contribution in [1.29, 1.82) is 0 Å². The largest absolute Gasteiger partial charge is 0.497 e. The first-order chi connectivity index (χ1) is 21.8. The minimum Gasteiger partial charge on any atom is -0.497 e. The SMILES string of the molecule is COc1cccc(CN(C(=O)CN(c2cc(Cl)ccc2C)S(=O)(=O)c2ccccc2)C(Cc2ccccc2)C(=O)NC(C)(C)C)c1. The van der Waals surface area contributed by atoms with E-state index in [4.69, 9.17) is 16.3 Å². The standard InChI is InChI=1S/C36H40ClN3O5S/c1-26-19-20-29(37)23-32(26)40(46(43,44)31-17-10-7-11-18-31)25-34(41)39(24-28-15-12-16-30(21-28)45-5)33(35(42)38-36(2,3)4)22-27-13-8-6-9-14-27/h6-21,23,33H,22,24-25H2,1-5H3,(H,38,42). The Hall–Kier alpha value is -4.34. The van der Waals surface area contributed by atoms with Crippen LogP contribution in [0.25, 0.3) is 0 Å². The van der Waals surface area contributed by atoms with Gasteiger partial charge in [0.05, 0.1) is 17.7 Å². The van der Waals surface area contributed by atoms with Gasteiger partial charge in [0.15, 0.2) is 0 Å². The summed E-state index contributed by atoms with van der Waals surface area (Å²) in [4.78, 5) is 30.1. The summed E-state index contributed by atoms with van der Waals surface area (Å²) in [6.45, 7) is 6.82. The van der Waals surface area contributed by atoms with Crippen molar-refractivity contribution in [3.63, 3.8) is 0 Å². The van der Waals surface area contributed by atoms with Gasteiger partial charge < -0.3 is 15.0 Å². The molecule has 0 heterocycles. The lowest BCUT2D eigenvalue weighted by molar-refractivity contribution is -0.140. The third-order valence-corrected chi connectivity index (χ3v) is 9.32. The third-order valence-electron chi connectivity index (χ3n) is 7.31. The predicted molar refractivity (Wildman–Crippen MR) is 183 cm³/mol. The van der Waals surface area contributed by atoms with Gasteiger partial charge in [0.2, 0.25) is 11.8 Å². The molecule has 242 valence electrons. The number of aryl methyl sites for hydroxylation is 1. The molecule has 0 aliphatic rings. The summed E-state index contributed by atoms with van der Waals surface area (Å²) in [6.07, 6.45) is 0.208. The summed E-state index contributed by atoms with van der Waals surface area (Å²) >= 11 is 6.35. The second-order valence-electron chi connectivity index (χ2n) is 12.1. The Morgan fingerprint density at radius 1 is 0.870 bits per heavy atom. The van der Waals surface area contributed by atoms with Crippen molar-refractivity contribution in [2.45, 2.75) is 57.1 Å². The average Bonchev–Trinajstić information content (AvgIpc) is 3.02. The van der Waals surface area contributed by atoms with Crippen molar-refractivity contribution in [2.24, 2.45) is 0 Å². The quantitative estimate of drug-likeness (QED) is 0.189. The van der Waals surface area contributed by atoms with Gasteiger partial charge in [-0.3, -0.25) is 13.9 Å². The molecule has 8 nitrogen and oxygen atoms in total. The highest BCUT2D eigenvalue weighted by molar-refractivity contribution is 7.92. The van der Waals surface area contributed by atoms with Gasteiger partial charge in [-0.1, -0.05) is 78.3 Å². The van der Waals surface area contributed by atoms with Gasteiger partial charge in [0.25, 0.3) is 10.0 Å². The van der Waals surface area contributed by atoms with E-state index in [2.05, 4.69) is 5.32 Å². The predicted octanol–water partition coefficient (Wildman–Crippen LogP) is 6.41. The molecule has 0 radical (unpaired) electrons. The van der Waals surface area contributed by atoms with Gasteiger partial charge in [0.1, 0.15) is 18.3 Å². The number of halogens is 1. The van der Waals surface area contributed by atoms with Crippen molar-refractivity contribution in [1.82, 2.24) is 10.2 Å². The molecule has 2 amide bonds. The van der Waals surface area contributed by atoms with Crippen LogP contribution in [0.3, 0.4) is 0 Å². The van der Waals surface area contributed by atoms with Gasteiger partial charge in [-0.25, -0.2) is 8.42 Å². The van der Waals surface area contributed by atoms with E-state index in [1.807, 2.05) is 57.2 Å². The molecule has 4 aromatic rings. The number of methoxy groups -OCH3 is 1. The van der Waals surface area contributed by atoms with Gasteiger partial charge in [0, 0.05) is 23.5 Å². The maximum atomic E-state index is 14.6. The highest BCUT2D eigenvalue weighted by Crippen LogP contribution is 2.30. The van der Waals surface area contributed by atoms with Gasteiger partial charge >= 0.3 is 0 Å². The van der Waals surface area contributed by atoms with E-state index in [9.17, 15) is 18.0 Å². The first-order valence-corrected chi connectivity index (χ1v) is 16.7. The number of benzene rings is 4. The minimum atomic E-state index is -4.23. The van der Waals surface area contributed by atoms with Crippen LogP contribution < -0.4 is 14.4 Å². The second kappa shape index (κ2) is 14.8. The molecule has 4 rings (SSSR count). The third kappa shape index (κ3) is 8.89. The number of nitrogens with one attached hydrogen (secondary N) is 1. The molecule has 4 aromatic carbocycles. The number of rotatable bonds is 12. The van der Waals surface area contributed by atoms with Crippen LogP contribution >= 0.6 is 11.6 Å². The topological polar surface area (TPSA) is 96.0 Å². The van der Waals surface area contributed by atoms with E-state index in [1.54, 1.807) is 62.6 Å². The van der Waals surface area contributed by atoms with Gasteiger partial charge in [-0.2, -0.15) is 0 Å². The van der Waals surface area contributed by atoms with Crippen molar-refractivity contribution >= 4 is 39.1 Å². The van der Waals surface area contributed by atoms with Crippen LogP contribution in [0.2, 0.25) is 5.02 Å². The summed E-state index contributed by atoms with van der Waals surface area (Å²) in [6, 6.07) is 28.5. The number of amides is 2. The highest BCUT2D eigenvalue weighted by atomic mass is 35.5. The molecular formula is C36H40ClN3O5S. The van der Waals surface area contributed by atoms with Crippen molar-refractivity contribution in [3.8, 4) is 5.75 Å². The Morgan fingerprint density at radius 2 is 1.50 bits per heavy atom. The Labute approximate surface area is 277 Å². The molecule has 0 aliphatic carbocycles. The molecule has 46 heavy (non-hydrogen) atoms. The molecule has 0 fully saturated rings. The number of carbonyl (C=O) groups is 2. The van der Waals surface area contributed by atoms with Crippen LogP contribution in [-0.2, 0) is 32.6 Å². The Kier molecular flexibility index (Phi) is 11.1. The summed E-state index contributed by atoms with van der Waals surface area (Å²) < 4.78 is 34.9. The van der Waals surface area contributed by atoms with E-state index in [0.29, 0.717) is 21.9 Å². The number of carbonyl (C=O) groups excluding carboxylic acids is 2. The zero-order chi connectivity index (χ0) is 33.5. The average molecular weight is 662 g/mol. The fraction of sp³-hybridized carbons (Fsp3) is 0.278. The molecule has 0 spiro atoms. The van der Waals surface area contributed by atoms with Crippen LogP contribution in [0, 0.1) is 6.92 Å². The Bertz CT molecular complexity index is 1760. The number of sulfonamides is 1. The molecule has 0 bridgehead atoms. The molecule has 1 N–H and O–H groups in total. The molecule has 0 saturated heterocycles. The molecule has 1 atom stereocenters. The van der Waals surface area contributed by atoms with Gasteiger partial charge in [-0.15, -0.1) is 0 Å². The number of ether oxygens (including phenoxy) is 1. The molecule has 10 heteroatoms. The van der Waals surface area contributed by atoms with E-state index < -0.39 is 34.1 Å². The van der Waals surface area contributed by atoms with E-state index in [1.165, 1.54) is 23.1 Å². The Balaban J connectivity index is 1.85. The summed E-state index contributed by atoms with van der Waals surface area (Å²) in [5.41, 5.74) is 1.86. The van der Waals surface area contributed by atoms with Crippen molar-refractivity contribution in [2.75, 3.05) is 18.0 Å². The minimum absolute atomic E-state index is 0.0211. The zero-order valence-corrected chi connectivity index (χ0v) is 28.3. The summed E-state index contributed by atoms with van der Waals surface area (Å²) in [7, 11) is -2.68. The summed E-state index contributed by atoms with van der Waals surface area (Å²) in [5, 5.41) is 3.35.